The third-order valence-electron chi connectivity index (χ3n) is 10.00. The second-order valence-electron chi connectivity index (χ2n) is 12.0. The predicted molar refractivity (Wildman–Crippen MR) is 150 cm³/mol. The first kappa shape index (κ1) is 23.4. The lowest BCUT2D eigenvalue weighted by molar-refractivity contribution is 0.0628. The molecule has 200 valence electrons. The molecule has 6 heteroatoms. The van der Waals surface area contributed by atoms with Crippen LogP contribution in [-0.2, 0) is 6.54 Å². The fourth-order valence-electron chi connectivity index (χ4n) is 8.20. The maximum Gasteiger partial charge on any atom is 0.253 e. The Labute approximate surface area is 229 Å². The molecule has 1 saturated heterocycles. The zero-order valence-corrected chi connectivity index (χ0v) is 22.2. The van der Waals surface area contributed by atoms with Gasteiger partial charge >= 0.3 is 0 Å². The van der Waals surface area contributed by atoms with E-state index in [1.807, 2.05) is 17.0 Å². The molecule has 3 heterocycles. The second-order valence-corrected chi connectivity index (χ2v) is 12.0. The van der Waals surface area contributed by atoms with Crippen molar-refractivity contribution in [3.8, 4) is 11.5 Å². The van der Waals surface area contributed by atoms with Gasteiger partial charge in [-0.25, -0.2) is 0 Å². The maximum atomic E-state index is 13.7. The number of benzene rings is 3. The van der Waals surface area contributed by atoms with E-state index in [0.717, 1.165) is 61.6 Å². The van der Waals surface area contributed by atoms with Crippen LogP contribution in [0.25, 0.3) is 0 Å². The molecule has 3 aromatic carbocycles. The molecule has 3 aliphatic heterocycles. The Balaban J connectivity index is 0.983. The number of carbonyl (C=O) groups excluding carboxylic acids is 1. The molecule has 0 spiro atoms. The van der Waals surface area contributed by atoms with Crippen molar-refractivity contribution in [2.75, 3.05) is 38.3 Å². The van der Waals surface area contributed by atoms with Gasteiger partial charge in [0.05, 0.1) is 6.04 Å². The molecular weight excluding hydrogens is 486 g/mol. The van der Waals surface area contributed by atoms with Crippen molar-refractivity contribution in [2.24, 2.45) is 17.8 Å². The number of amides is 1. The summed E-state index contributed by atoms with van der Waals surface area (Å²) in [5, 5.41) is 3.91. The van der Waals surface area contributed by atoms with Crippen molar-refractivity contribution in [3.05, 3.63) is 89.0 Å². The number of piperazine rings is 1. The zero-order valence-electron chi connectivity index (χ0n) is 22.2. The molecule has 3 fully saturated rings. The van der Waals surface area contributed by atoms with Gasteiger partial charge in [0.15, 0.2) is 11.5 Å². The summed E-state index contributed by atoms with van der Waals surface area (Å²) < 4.78 is 11.0. The molecule has 5 atom stereocenters. The van der Waals surface area contributed by atoms with Crippen LogP contribution >= 0.6 is 0 Å². The molecule has 2 bridgehead atoms. The van der Waals surface area contributed by atoms with Crippen LogP contribution < -0.4 is 14.8 Å². The topological polar surface area (TPSA) is 54.0 Å². The summed E-state index contributed by atoms with van der Waals surface area (Å²) in [6.45, 7) is 4.42. The third-order valence-corrected chi connectivity index (χ3v) is 10.00. The molecule has 1 N–H and O–H groups in total. The first-order valence-electron chi connectivity index (χ1n) is 14.6. The van der Waals surface area contributed by atoms with Crippen LogP contribution in [0.2, 0.25) is 0 Å². The summed E-state index contributed by atoms with van der Waals surface area (Å²) >= 11 is 0. The Morgan fingerprint density at radius 3 is 2.56 bits per heavy atom. The third kappa shape index (κ3) is 3.99. The van der Waals surface area contributed by atoms with Crippen molar-refractivity contribution in [1.82, 2.24) is 9.80 Å². The van der Waals surface area contributed by atoms with E-state index < -0.39 is 0 Å². The number of carbonyl (C=O) groups is 1. The molecule has 39 heavy (non-hydrogen) atoms. The Morgan fingerprint density at radius 1 is 0.872 bits per heavy atom. The van der Waals surface area contributed by atoms with Crippen molar-refractivity contribution in [2.45, 2.75) is 37.8 Å². The molecular formula is C33H35N3O3. The molecule has 2 saturated carbocycles. The molecule has 0 aromatic heterocycles. The highest BCUT2D eigenvalue weighted by molar-refractivity contribution is 5.95. The Morgan fingerprint density at radius 2 is 1.69 bits per heavy atom. The lowest BCUT2D eigenvalue weighted by atomic mass is 9.68. The minimum Gasteiger partial charge on any atom is -0.454 e. The van der Waals surface area contributed by atoms with Crippen LogP contribution in [0.3, 0.4) is 0 Å². The molecule has 0 unspecified atom stereocenters. The number of ether oxygens (including phenoxy) is 2. The normalized spacial score (nSPS) is 28.6. The van der Waals surface area contributed by atoms with E-state index in [1.54, 1.807) is 0 Å². The number of hydrogen-bond donors (Lipinski definition) is 1. The molecule has 2 aliphatic carbocycles. The lowest BCUT2D eigenvalue weighted by Gasteiger charge is -2.43. The second kappa shape index (κ2) is 9.30. The average Bonchev–Trinajstić information content (AvgIpc) is 3.74. The van der Waals surface area contributed by atoms with E-state index in [2.05, 4.69) is 64.8 Å². The average molecular weight is 522 g/mol. The summed E-state index contributed by atoms with van der Waals surface area (Å²) in [5.41, 5.74) is 6.06. The Bertz CT molecular complexity index is 1400. The van der Waals surface area contributed by atoms with Crippen LogP contribution in [0.4, 0.5) is 5.69 Å². The number of nitrogens with one attached hydrogen (secondary N) is 1. The van der Waals surface area contributed by atoms with Crippen LogP contribution in [-0.4, -0.2) is 48.7 Å². The van der Waals surface area contributed by atoms with Crippen molar-refractivity contribution >= 4 is 11.6 Å². The quantitative estimate of drug-likeness (QED) is 0.480. The summed E-state index contributed by atoms with van der Waals surface area (Å²) in [5.74, 6) is 4.52. The molecule has 0 radical (unpaired) electrons. The van der Waals surface area contributed by atoms with Gasteiger partial charge in [0.1, 0.15) is 0 Å². The largest absolute Gasteiger partial charge is 0.454 e. The highest BCUT2D eigenvalue weighted by Gasteiger charge is 2.53. The van der Waals surface area contributed by atoms with Gasteiger partial charge in [-0.3, -0.25) is 9.69 Å². The van der Waals surface area contributed by atoms with E-state index >= 15 is 0 Å². The number of anilines is 1. The smallest absolute Gasteiger partial charge is 0.253 e. The fraction of sp³-hybridized carbons (Fsp3) is 0.424. The van der Waals surface area contributed by atoms with Crippen molar-refractivity contribution < 1.29 is 14.3 Å². The van der Waals surface area contributed by atoms with E-state index in [-0.39, 0.29) is 5.91 Å². The van der Waals surface area contributed by atoms with Crippen LogP contribution in [0.1, 0.15) is 58.3 Å². The zero-order chi connectivity index (χ0) is 25.9. The standard InChI is InChI=1S/C33H35N3O3/c37-33(36-14-12-35(13-15-36)19-21-6-11-28-29(16-21)39-20-38-28)25-9-10-27-26(18-25)30-23-7-8-24(17-23)31(30)32(34-27)22-4-2-1-3-5-22/h1-6,9-11,16,18,23-24,30-32,34H,7-8,12-15,17,19-20H2/t23-,24-,30-,31-,32-/m0/s1. The molecule has 1 amide bonds. The molecule has 3 aromatic rings. The van der Waals surface area contributed by atoms with Gasteiger partial charge < -0.3 is 19.7 Å². The van der Waals surface area contributed by atoms with Crippen molar-refractivity contribution in [3.63, 3.8) is 0 Å². The summed E-state index contributed by atoms with van der Waals surface area (Å²) in [6.07, 6.45) is 4.01. The van der Waals surface area contributed by atoms with Gasteiger partial charge in [-0.2, -0.15) is 0 Å². The van der Waals surface area contributed by atoms with Crippen LogP contribution in [0, 0.1) is 17.8 Å². The van der Waals surface area contributed by atoms with Gasteiger partial charge in [-0.05, 0) is 90.0 Å². The van der Waals surface area contributed by atoms with Crippen LogP contribution in [0.5, 0.6) is 11.5 Å². The Hall–Kier alpha value is -3.51. The minimum atomic E-state index is 0.172. The Kier molecular flexibility index (Phi) is 5.58. The van der Waals surface area contributed by atoms with Crippen molar-refractivity contribution in [1.29, 1.82) is 0 Å². The number of nitrogens with zero attached hydrogens (tertiary/aromatic N) is 2. The van der Waals surface area contributed by atoms with Gasteiger partial charge in [-0.15, -0.1) is 0 Å². The van der Waals surface area contributed by atoms with Gasteiger partial charge in [0.25, 0.3) is 5.91 Å². The van der Waals surface area contributed by atoms with Crippen LogP contribution in [0.15, 0.2) is 66.7 Å². The minimum absolute atomic E-state index is 0.172. The highest BCUT2D eigenvalue weighted by Crippen LogP contribution is 2.63. The molecule has 5 aliphatic rings. The SMILES string of the molecule is O=C(c1ccc2c(c1)[C@@H]1[C@H]3CC[C@@H](C3)[C@@H]1[C@H](c1ccccc1)N2)N1CCN(Cc2ccc3c(c2)OCO3)CC1. The number of rotatable bonds is 4. The lowest BCUT2D eigenvalue weighted by Crippen LogP contribution is -2.48. The fourth-order valence-corrected chi connectivity index (χ4v) is 8.20. The van der Waals surface area contributed by atoms with Gasteiger partial charge in [0, 0.05) is 44.0 Å². The summed E-state index contributed by atoms with van der Waals surface area (Å²) in [6, 6.07) is 24.0. The summed E-state index contributed by atoms with van der Waals surface area (Å²) in [4.78, 5) is 18.1. The van der Waals surface area contributed by atoms with E-state index in [0.29, 0.717) is 24.7 Å². The maximum absolute atomic E-state index is 13.7. The predicted octanol–water partition coefficient (Wildman–Crippen LogP) is 5.67. The molecule has 8 rings (SSSR count). The van der Waals surface area contributed by atoms with E-state index in [4.69, 9.17) is 9.47 Å². The highest BCUT2D eigenvalue weighted by atomic mass is 16.7. The first-order chi connectivity index (χ1) is 19.2. The van der Waals surface area contributed by atoms with E-state index in [9.17, 15) is 4.79 Å². The van der Waals surface area contributed by atoms with E-state index in [1.165, 1.54) is 41.6 Å². The monoisotopic (exact) mass is 521 g/mol. The van der Waals surface area contributed by atoms with Gasteiger partial charge in [-0.1, -0.05) is 36.4 Å². The number of fused-ring (bicyclic) bond motifs is 8. The molecule has 6 nitrogen and oxygen atoms in total. The number of hydrogen-bond acceptors (Lipinski definition) is 5. The van der Waals surface area contributed by atoms with Gasteiger partial charge in [0.2, 0.25) is 6.79 Å². The first-order valence-corrected chi connectivity index (χ1v) is 14.6. The summed E-state index contributed by atoms with van der Waals surface area (Å²) in [7, 11) is 0.